The molecule has 5 rings (SSSR count). The summed E-state index contributed by atoms with van der Waals surface area (Å²) >= 11 is 0. The molecule has 2 aromatic carbocycles. The Hall–Kier alpha value is -2.56. The highest BCUT2D eigenvalue weighted by molar-refractivity contribution is 6.61. The highest BCUT2D eigenvalue weighted by Gasteiger charge is 2.52. The van der Waals surface area contributed by atoms with Crippen molar-refractivity contribution in [1.29, 1.82) is 0 Å². The molecule has 1 aliphatic heterocycles. The highest BCUT2D eigenvalue weighted by Crippen LogP contribution is 2.38. The molecule has 0 N–H and O–H groups in total. The van der Waals surface area contributed by atoms with Gasteiger partial charge in [0.05, 0.1) is 27.8 Å². The Morgan fingerprint density at radius 2 is 1.29 bits per heavy atom. The van der Waals surface area contributed by atoms with E-state index in [9.17, 15) is 0 Å². The molecule has 0 amide bonds. The Morgan fingerprint density at radius 1 is 0.679 bits per heavy atom. The number of hydrogen-bond acceptors (Lipinski definition) is 2. The van der Waals surface area contributed by atoms with Gasteiger partial charge in [-0.2, -0.15) is 0 Å². The maximum Gasteiger partial charge on any atom is 0.512 e. The lowest BCUT2D eigenvalue weighted by Gasteiger charge is -2.32. The van der Waals surface area contributed by atoms with E-state index in [0.29, 0.717) is 0 Å². The first-order chi connectivity index (χ1) is 13.4. The highest BCUT2D eigenvalue weighted by atomic mass is 16.7. The third-order valence-electron chi connectivity index (χ3n) is 6.25. The van der Waals surface area contributed by atoms with Crippen LogP contribution in [0.1, 0.15) is 27.7 Å². The molecular formula is C24H24BNO2. The first-order valence-corrected chi connectivity index (χ1v) is 9.82. The maximum absolute atomic E-state index is 6.38. The summed E-state index contributed by atoms with van der Waals surface area (Å²) in [5.41, 5.74) is 5.08. The van der Waals surface area contributed by atoms with Gasteiger partial charge >= 0.3 is 7.12 Å². The molecular weight excluding hydrogens is 345 g/mol. The standard InChI is InChI=1S/C24H24BNO2/c1-23(2)24(3,4)28-25(27-23)21-16-10-15-20-22(17-11-6-5-7-12-17)18-13-8-9-14-19(18)26(20)21/h5-16H,1-4H3. The first kappa shape index (κ1) is 17.5. The molecule has 4 heteroatoms. The SMILES string of the molecule is CC1(C)OB(c2cccc3c(-c4ccccc4)c4ccccc4n23)OC1(C)C. The van der Waals surface area contributed by atoms with Crippen LogP contribution in [-0.4, -0.2) is 22.7 Å². The van der Waals surface area contributed by atoms with Gasteiger partial charge in [-0.3, -0.25) is 0 Å². The number of benzene rings is 2. The number of hydrogen-bond donors (Lipinski definition) is 0. The van der Waals surface area contributed by atoms with Crippen molar-refractivity contribution in [2.24, 2.45) is 0 Å². The van der Waals surface area contributed by atoms with Crippen LogP contribution in [0, 0.1) is 0 Å². The molecule has 0 spiro atoms. The molecule has 0 radical (unpaired) electrons. The third-order valence-corrected chi connectivity index (χ3v) is 6.25. The first-order valence-electron chi connectivity index (χ1n) is 9.82. The van der Waals surface area contributed by atoms with Crippen molar-refractivity contribution in [3.63, 3.8) is 0 Å². The number of para-hydroxylation sites is 1. The van der Waals surface area contributed by atoms with Crippen LogP contribution < -0.4 is 5.59 Å². The molecule has 2 aromatic heterocycles. The van der Waals surface area contributed by atoms with Gasteiger partial charge in [-0.1, -0.05) is 54.6 Å². The fourth-order valence-corrected chi connectivity index (χ4v) is 4.06. The Kier molecular flexibility index (Phi) is 3.74. The van der Waals surface area contributed by atoms with Gasteiger partial charge in [0.15, 0.2) is 0 Å². The van der Waals surface area contributed by atoms with E-state index < -0.39 is 7.12 Å². The van der Waals surface area contributed by atoms with E-state index in [1.165, 1.54) is 27.5 Å². The molecule has 0 saturated carbocycles. The molecule has 0 aliphatic carbocycles. The fraction of sp³-hybridized carbons (Fsp3) is 0.250. The van der Waals surface area contributed by atoms with Crippen molar-refractivity contribution in [1.82, 2.24) is 4.40 Å². The summed E-state index contributed by atoms with van der Waals surface area (Å²) in [4.78, 5) is 0. The van der Waals surface area contributed by atoms with Gasteiger partial charge in [0, 0.05) is 10.9 Å². The van der Waals surface area contributed by atoms with Crippen molar-refractivity contribution >= 4 is 29.1 Å². The quantitative estimate of drug-likeness (QED) is 0.461. The van der Waals surface area contributed by atoms with E-state index in [4.69, 9.17) is 9.31 Å². The number of fused-ring (bicyclic) bond motifs is 3. The summed E-state index contributed by atoms with van der Waals surface area (Å²) in [5, 5.41) is 1.23. The van der Waals surface area contributed by atoms with Crippen molar-refractivity contribution in [2.75, 3.05) is 0 Å². The smallest absolute Gasteiger partial charge is 0.398 e. The summed E-state index contributed by atoms with van der Waals surface area (Å²) < 4.78 is 15.0. The van der Waals surface area contributed by atoms with Crippen LogP contribution in [0.15, 0.2) is 72.8 Å². The molecule has 0 atom stereocenters. The zero-order valence-electron chi connectivity index (χ0n) is 16.8. The van der Waals surface area contributed by atoms with E-state index in [1.54, 1.807) is 0 Å². The van der Waals surface area contributed by atoms with Gasteiger partial charge < -0.3 is 13.7 Å². The molecule has 4 aromatic rings. The van der Waals surface area contributed by atoms with Crippen LogP contribution in [0.3, 0.4) is 0 Å². The number of aromatic nitrogens is 1. The lowest BCUT2D eigenvalue weighted by atomic mass is 9.83. The minimum Gasteiger partial charge on any atom is -0.398 e. The largest absolute Gasteiger partial charge is 0.512 e. The molecule has 0 unspecified atom stereocenters. The summed E-state index contributed by atoms with van der Waals surface area (Å²) in [6, 6.07) is 25.5. The number of rotatable bonds is 2. The van der Waals surface area contributed by atoms with Gasteiger partial charge in [0.25, 0.3) is 0 Å². The summed E-state index contributed by atoms with van der Waals surface area (Å²) in [6.45, 7) is 8.37. The second kappa shape index (κ2) is 5.97. The van der Waals surface area contributed by atoms with Crippen LogP contribution >= 0.6 is 0 Å². The second-order valence-corrected chi connectivity index (χ2v) is 8.52. The summed E-state index contributed by atoms with van der Waals surface area (Å²) in [5.74, 6) is 0. The fourth-order valence-electron chi connectivity index (χ4n) is 4.06. The molecule has 1 saturated heterocycles. The van der Waals surface area contributed by atoms with Crippen molar-refractivity contribution < 1.29 is 9.31 Å². The monoisotopic (exact) mass is 369 g/mol. The summed E-state index contributed by atoms with van der Waals surface area (Å²) in [7, 11) is -0.409. The van der Waals surface area contributed by atoms with Gasteiger partial charge in [-0.25, -0.2) is 0 Å². The van der Waals surface area contributed by atoms with Crippen LogP contribution in [0.4, 0.5) is 0 Å². The minimum atomic E-state index is -0.409. The van der Waals surface area contributed by atoms with E-state index in [2.05, 4.69) is 105 Å². The third kappa shape index (κ3) is 2.45. The Morgan fingerprint density at radius 3 is 2.00 bits per heavy atom. The van der Waals surface area contributed by atoms with Crippen LogP contribution in [0.25, 0.3) is 27.5 Å². The molecule has 28 heavy (non-hydrogen) atoms. The van der Waals surface area contributed by atoms with Gasteiger partial charge in [0.1, 0.15) is 0 Å². The van der Waals surface area contributed by atoms with Crippen molar-refractivity contribution in [2.45, 2.75) is 38.9 Å². The molecule has 1 aliphatic rings. The molecule has 3 heterocycles. The predicted molar refractivity (Wildman–Crippen MR) is 116 cm³/mol. The maximum atomic E-state index is 6.38. The lowest BCUT2D eigenvalue weighted by Crippen LogP contribution is -2.41. The summed E-state index contributed by atoms with van der Waals surface area (Å²) in [6.07, 6.45) is 0. The lowest BCUT2D eigenvalue weighted by molar-refractivity contribution is 0.00578. The Bertz CT molecular complexity index is 1160. The number of pyridine rings is 1. The van der Waals surface area contributed by atoms with Gasteiger partial charge in [-0.15, -0.1) is 0 Å². The molecule has 140 valence electrons. The molecule has 0 bridgehead atoms. The zero-order chi connectivity index (χ0) is 19.5. The van der Waals surface area contributed by atoms with E-state index in [1.807, 2.05) is 0 Å². The molecule has 3 nitrogen and oxygen atoms in total. The van der Waals surface area contributed by atoms with E-state index in [0.717, 1.165) is 5.59 Å². The van der Waals surface area contributed by atoms with Crippen LogP contribution in [0.5, 0.6) is 0 Å². The predicted octanol–water partition coefficient (Wildman–Crippen LogP) is 5.06. The molecule has 1 fully saturated rings. The van der Waals surface area contributed by atoms with Gasteiger partial charge in [0.2, 0.25) is 0 Å². The van der Waals surface area contributed by atoms with Crippen LogP contribution in [-0.2, 0) is 9.31 Å². The van der Waals surface area contributed by atoms with Crippen LogP contribution in [0.2, 0.25) is 0 Å². The average Bonchev–Trinajstić information content (AvgIpc) is 3.13. The average molecular weight is 369 g/mol. The zero-order valence-corrected chi connectivity index (χ0v) is 16.8. The van der Waals surface area contributed by atoms with Gasteiger partial charge in [-0.05, 0) is 51.5 Å². The Labute approximate surface area is 166 Å². The van der Waals surface area contributed by atoms with E-state index in [-0.39, 0.29) is 11.2 Å². The van der Waals surface area contributed by atoms with Crippen molar-refractivity contribution in [3.8, 4) is 11.1 Å². The Balaban J connectivity index is 1.81. The normalized spacial score (nSPS) is 18.2. The van der Waals surface area contributed by atoms with E-state index >= 15 is 0 Å². The topological polar surface area (TPSA) is 22.9 Å². The minimum absolute atomic E-state index is 0.370. The van der Waals surface area contributed by atoms with Crippen molar-refractivity contribution in [3.05, 3.63) is 72.8 Å². The second-order valence-electron chi connectivity index (χ2n) is 8.52. The number of nitrogens with zero attached hydrogens (tertiary/aromatic N) is 1.